The lowest BCUT2D eigenvalue weighted by atomic mass is 10.1. The molecule has 0 aromatic heterocycles. The van der Waals surface area contributed by atoms with Crippen LogP contribution in [-0.4, -0.2) is 17.1 Å². The van der Waals surface area contributed by atoms with Gasteiger partial charge in [0.05, 0.1) is 5.25 Å². The SMILES string of the molecule is N#C/C(C(=O)Nc1cccc2ccccc12)=C1/S[C@H](Cc2ccc(F)cc2)C(=O)N1c1ccccc1. The molecule has 4 aromatic carbocycles. The minimum Gasteiger partial charge on any atom is -0.321 e. The number of benzene rings is 4. The molecular weight excluding hydrogens is 473 g/mol. The van der Waals surface area contributed by atoms with Gasteiger partial charge in [-0.25, -0.2) is 4.39 Å². The van der Waals surface area contributed by atoms with Crippen LogP contribution in [-0.2, 0) is 16.0 Å². The molecule has 0 bridgehead atoms. The maximum Gasteiger partial charge on any atom is 0.269 e. The van der Waals surface area contributed by atoms with E-state index in [2.05, 4.69) is 5.32 Å². The number of nitriles is 1. The Morgan fingerprint density at radius 1 is 0.944 bits per heavy atom. The Kier molecular flexibility index (Phi) is 6.52. The largest absolute Gasteiger partial charge is 0.321 e. The molecule has 1 N–H and O–H groups in total. The Bertz CT molecular complexity index is 1520. The molecule has 4 aromatic rings. The van der Waals surface area contributed by atoms with E-state index >= 15 is 0 Å². The quantitative estimate of drug-likeness (QED) is 0.272. The number of carbonyl (C=O) groups is 2. The topological polar surface area (TPSA) is 73.2 Å². The minimum atomic E-state index is -0.590. The summed E-state index contributed by atoms with van der Waals surface area (Å²) in [6.45, 7) is 0. The van der Waals surface area contributed by atoms with Crippen LogP contribution in [0.5, 0.6) is 0 Å². The first kappa shape index (κ1) is 23.3. The summed E-state index contributed by atoms with van der Waals surface area (Å²) in [5.74, 6) is -1.18. The van der Waals surface area contributed by atoms with Gasteiger partial charge in [-0.2, -0.15) is 5.26 Å². The number of fused-ring (bicyclic) bond motifs is 1. The number of hydrogen-bond donors (Lipinski definition) is 1. The summed E-state index contributed by atoms with van der Waals surface area (Å²) >= 11 is 1.17. The van der Waals surface area contributed by atoms with Gasteiger partial charge in [0.1, 0.15) is 22.5 Å². The highest BCUT2D eigenvalue weighted by molar-refractivity contribution is 8.05. The van der Waals surface area contributed by atoms with Gasteiger partial charge in [-0.15, -0.1) is 0 Å². The summed E-state index contributed by atoms with van der Waals surface area (Å²) in [7, 11) is 0. The minimum absolute atomic E-state index is 0.147. The molecule has 0 radical (unpaired) electrons. The van der Waals surface area contributed by atoms with Crippen molar-refractivity contribution in [1.29, 1.82) is 5.26 Å². The van der Waals surface area contributed by atoms with E-state index in [4.69, 9.17) is 0 Å². The second-order valence-electron chi connectivity index (χ2n) is 8.22. The summed E-state index contributed by atoms with van der Waals surface area (Å²) in [6, 6.07) is 30.1. The summed E-state index contributed by atoms with van der Waals surface area (Å²) in [6.07, 6.45) is 0.334. The number of nitrogens with zero attached hydrogens (tertiary/aromatic N) is 2. The number of rotatable bonds is 5. The lowest BCUT2D eigenvalue weighted by molar-refractivity contribution is -0.117. The zero-order valence-electron chi connectivity index (χ0n) is 19.0. The first-order chi connectivity index (χ1) is 17.5. The Hall–Kier alpha value is -4.41. The number of hydrogen-bond acceptors (Lipinski definition) is 4. The third kappa shape index (κ3) is 4.59. The van der Waals surface area contributed by atoms with Crippen LogP contribution in [0, 0.1) is 17.1 Å². The highest BCUT2D eigenvalue weighted by Gasteiger charge is 2.40. The van der Waals surface area contributed by atoms with Crippen molar-refractivity contribution in [2.75, 3.05) is 10.2 Å². The van der Waals surface area contributed by atoms with E-state index in [1.165, 1.54) is 28.8 Å². The maximum absolute atomic E-state index is 13.5. The number of thioether (sulfide) groups is 1. The lowest BCUT2D eigenvalue weighted by Crippen LogP contribution is -2.30. The van der Waals surface area contributed by atoms with E-state index in [1.54, 1.807) is 42.5 Å². The fourth-order valence-electron chi connectivity index (χ4n) is 4.15. The van der Waals surface area contributed by atoms with Crippen molar-refractivity contribution >= 4 is 45.7 Å². The molecule has 1 fully saturated rings. The molecule has 0 spiro atoms. The molecule has 1 saturated heterocycles. The van der Waals surface area contributed by atoms with Crippen LogP contribution >= 0.6 is 11.8 Å². The van der Waals surface area contributed by atoms with Gasteiger partial charge in [0.15, 0.2) is 0 Å². The molecule has 5 nitrogen and oxygen atoms in total. The van der Waals surface area contributed by atoms with Crippen molar-refractivity contribution in [3.63, 3.8) is 0 Å². The Morgan fingerprint density at radius 3 is 2.39 bits per heavy atom. The summed E-state index contributed by atoms with van der Waals surface area (Å²) < 4.78 is 13.4. The molecule has 1 aliphatic heterocycles. The second-order valence-corrected chi connectivity index (χ2v) is 9.41. The first-order valence-electron chi connectivity index (χ1n) is 11.3. The first-order valence-corrected chi connectivity index (χ1v) is 12.2. The van der Waals surface area contributed by atoms with Gasteiger partial charge in [-0.3, -0.25) is 14.5 Å². The smallest absolute Gasteiger partial charge is 0.269 e. The van der Waals surface area contributed by atoms with Crippen molar-refractivity contribution in [3.05, 3.63) is 119 Å². The van der Waals surface area contributed by atoms with Crippen LogP contribution in [0.1, 0.15) is 5.56 Å². The fourth-order valence-corrected chi connectivity index (χ4v) is 5.46. The van der Waals surface area contributed by atoms with Gasteiger partial charge in [-0.1, -0.05) is 78.5 Å². The van der Waals surface area contributed by atoms with Crippen LogP contribution in [0.3, 0.4) is 0 Å². The predicted molar refractivity (Wildman–Crippen MR) is 141 cm³/mol. The van der Waals surface area contributed by atoms with Crippen LogP contribution in [0.4, 0.5) is 15.8 Å². The standard InChI is InChI=1S/C29H20FN3O2S/c30-21-15-13-19(14-16-21)17-26-28(35)33(22-9-2-1-3-10-22)29(36-26)24(18-31)27(34)32-25-12-6-8-20-7-4-5-11-23(20)25/h1-16,26H,17H2,(H,32,34)/b29-24-/t26-/m1/s1. The molecule has 0 unspecified atom stereocenters. The number of nitrogens with one attached hydrogen (secondary N) is 1. The van der Waals surface area contributed by atoms with E-state index in [-0.39, 0.29) is 22.3 Å². The van der Waals surface area contributed by atoms with Gasteiger partial charge < -0.3 is 5.32 Å². The van der Waals surface area contributed by atoms with Crippen molar-refractivity contribution < 1.29 is 14.0 Å². The monoisotopic (exact) mass is 493 g/mol. The van der Waals surface area contributed by atoms with Crippen LogP contribution < -0.4 is 10.2 Å². The molecule has 2 amide bonds. The van der Waals surface area contributed by atoms with Crippen molar-refractivity contribution in [1.82, 2.24) is 0 Å². The molecule has 176 valence electrons. The summed E-state index contributed by atoms with van der Waals surface area (Å²) in [5.41, 5.74) is 1.79. The summed E-state index contributed by atoms with van der Waals surface area (Å²) in [4.78, 5) is 28.3. The van der Waals surface area contributed by atoms with Crippen LogP contribution in [0.2, 0.25) is 0 Å². The predicted octanol–water partition coefficient (Wildman–Crippen LogP) is 6.04. The third-order valence-electron chi connectivity index (χ3n) is 5.89. The van der Waals surface area contributed by atoms with Gasteiger partial charge in [0.2, 0.25) is 5.91 Å². The molecule has 7 heteroatoms. The van der Waals surface area contributed by atoms with Crippen LogP contribution in [0.15, 0.2) is 108 Å². The molecule has 36 heavy (non-hydrogen) atoms. The number of amides is 2. The number of para-hydroxylation sites is 1. The van der Waals surface area contributed by atoms with Gasteiger partial charge >= 0.3 is 0 Å². The molecule has 0 aliphatic carbocycles. The van der Waals surface area contributed by atoms with Gasteiger partial charge in [-0.05, 0) is 47.7 Å². The molecule has 1 aliphatic rings. The average molecular weight is 494 g/mol. The number of carbonyl (C=O) groups excluding carboxylic acids is 2. The fraction of sp³-hybridized carbons (Fsp3) is 0.0690. The Balaban J connectivity index is 1.52. The Morgan fingerprint density at radius 2 is 1.64 bits per heavy atom. The van der Waals surface area contributed by atoms with E-state index in [0.29, 0.717) is 17.8 Å². The van der Waals surface area contributed by atoms with Crippen molar-refractivity contribution in [3.8, 4) is 6.07 Å². The molecule has 5 rings (SSSR count). The zero-order valence-corrected chi connectivity index (χ0v) is 19.8. The van der Waals surface area contributed by atoms with E-state index in [0.717, 1.165) is 16.3 Å². The van der Waals surface area contributed by atoms with Crippen molar-refractivity contribution in [2.24, 2.45) is 0 Å². The van der Waals surface area contributed by atoms with Gasteiger partial charge in [0, 0.05) is 16.8 Å². The molecule has 1 heterocycles. The second kappa shape index (κ2) is 10.1. The average Bonchev–Trinajstić information content (AvgIpc) is 3.21. The lowest BCUT2D eigenvalue weighted by Gasteiger charge is -2.18. The number of halogens is 1. The zero-order chi connectivity index (χ0) is 25.1. The van der Waals surface area contributed by atoms with E-state index in [9.17, 15) is 19.2 Å². The Labute approximate surface area is 211 Å². The van der Waals surface area contributed by atoms with Crippen LogP contribution in [0.25, 0.3) is 10.8 Å². The molecule has 0 saturated carbocycles. The summed E-state index contributed by atoms with van der Waals surface area (Å²) in [5, 5.41) is 14.4. The van der Waals surface area contributed by atoms with E-state index < -0.39 is 11.2 Å². The maximum atomic E-state index is 13.5. The highest BCUT2D eigenvalue weighted by atomic mass is 32.2. The molecule has 1 atom stereocenters. The normalized spacial score (nSPS) is 16.6. The highest BCUT2D eigenvalue weighted by Crippen LogP contribution is 2.42. The number of anilines is 2. The molecular formula is C29H20FN3O2S. The third-order valence-corrected chi connectivity index (χ3v) is 7.15. The van der Waals surface area contributed by atoms with E-state index in [1.807, 2.05) is 48.5 Å². The van der Waals surface area contributed by atoms with Gasteiger partial charge in [0.25, 0.3) is 5.91 Å². The van der Waals surface area contributed by atoms with Crippen molar-refractivity contribution in [2.45, 2.75) is 11.7 Å².